The molecule has 0 aromatic heterocycles. The number of carbonyl (C=O) groups excluding carboxylic acids is 1. The molecule has 1 aromatic carbocycles. The number of carbonyl (C=O) groups is 2. The highest BCUT2D eigenvalue weighted by Crippen LogP contribution is 2.21. The van der Waals surface area contributed by atoms with Crippen molar-refractivity contribution in [3.63, 3.8) is 0 Å². The fraction of sp³-hybridized carbons (Fsp3) is 0.467. The SMILES string of the molecule is CC(C)C(Cl)OC(=O)NCCC(C(=O)O)c1ccc(Cl)cc1. The highest BCUT2D eigenvalue weighted by molar-refractivity contribution is 6.30. The van der Waals surface area contributed by atoms with E-state index in [0.29, 0.717) is 10.6 Å². The Balaban J connectivity index is 2.51. The number of halogens is 2. The number of hydrogen-bond donors (Lipinski definition) is 2. The number of benzene rings is 1. The maximum absolute atomic E-state index is 11.5. The van der Waals surface area contributed by atoms with Gasteiger partial charge in [-0.05, 0) is 24.1 Å². The first-order valence-corrected chi connectivity index (χ1v) is 7.69. The minimum Gasteiger partial charge on any atom is -0.481 e. The Kier molecular flexibility index (Phi) is 7.48. The smallest absolute Gasteiger partial charge is 0.408 e. The number of hydrogen-bond acceptors (Lipinski definition) is 3. The third-order valence-corrected chi connectivity index (χ3v) is 3.86. The predicted molar refractivity (Wildman–Crippen MR) is 85.4 cm³/mol. The predicted octanol–water partition coefficient (Wildman–Crippen LogP) is 3.85. The van der Waals surface area contributed by atoms with Gasteiger partial charge in [0, 0.05) is 17.5 Å². The number of alkyl carbamates (subject to hydrolysis) is 1. The van der Waals surface area contributed by atoms with E-state index in [0.717, 1.165) is 0 Å². The number of amides is 1. The lowest BCUT2D eigenvalue weighted by Gasteiger charge is -2.16. The lowest BCUT2D eigenvalue weighted by atomic mass is 9.96. The Bertz CT molecular complexity index is 505. The summed E-state index contributed by atoms with van der Waals surface area (Å²) >= 11 is 11.6. The molecule has 2 atom stereocenters. The van der Waals surface area contributed by atoms with Gasteiger partial charge in [-0.2, -0.15) is 0 Å². The number of carboxylic acid groups (broad SMARTS) is 1. The Morgan fingerprint density at radius 2 is 1.86 bits per heavy atom. The molecule has 0 aliphatic carbocycles. The molecule has 0 fully saturated rings. The maximum Gasteiger partial charge on any atom is 0.408 e. The topological polar surface area (TPSA) is 75.6 Å². The van der Waals surface area contributed by atoms with Crippen LogP contribution < -0.4 is 5.32 Å². The molecule has 2 unspecified atom stereocenters. The maximum atomic E-state index is 11.5. The number of nitrogens with one attached hydrogen (secondary N) is 1. The van der Waals surface area contributed by atoms with Crippen LogP contribution in [0, 0.1) is 5.92 Å². The lowest BCUT2D eigenvalue weighted by Crippen LogP contribution is -2.31. The third-order valence-electron chi connectivity index (χ3n) is 3.02. The minimum absolute atomic E-state index is 0.00625. The zero-order chi connectivity index (χ0) is 16.7. The molecule has 22 heavy (non-hydrogen) atoms. The van der Waals surface area contributed by atoms with Gasteiger partial charge in [0.25, 0.3) is 0 Å². The molecule has 122 valence electrons. The van der Waals surface area contributed by atoms with E-state index < -0.39 is 23.5 Å². The van der Waals surface area contributed by atoms with Gasteiger partial charge in [0.2, 0.25) is 0 Å². The van der Waals surface area contributed by atoms with Crippen molar-refractivity contribution in [1.29, 1.82) is 0 Å². The largest absolute Gasteiger partial charge is 0.481 e. The summed E-state index contributed by atoms with van der Waals surface area (Å²) in [5, 5.41) is 12.3. The molecule has 0 radical (unpaired) electrons. The van der Waals surface area contributed by atoms with E-state index in [2.05, 4.69) is 5.32 Å². The zero-order valence-electron chi connectivity index (χ0n) is 12.4. The molecule has 0 aliphatic rings. The van der Waals surface area contributed by atoms with Crippen LogP contribution in [0.3, 0.4) is 0 Å². The third kappa shape index (κ3) is 6.12. The molecule has 0 aliphatic heterocycles. The lowest BCUT2D eigenvalue weighted by molar-refractivity contribution is -0.138. The Morgan fingerprint density at radius 1 is 1.27 bits per heavy atom. The Morgan fingerprint density at radius 3 is 2.36 bits per heavy atom. The summed E-state index contributed by atoms with van der Waals surface area (Å²) in [6.07, 6.45) is -0.422. The van der Waals surface area contributed by atoms with Crippen molar-refractivity contribution in [2.45, 2.75) is 31.7 Å². The molecule has 1 aromatic rings. The first-order chi connectivity index (χ1) is 10.3. The summed E-state index contributed by atoms with van der Waals surface area (Å²) in [4.78, 5) is 22.8. The number of carboxylic acids is 1. The van der Waals surface area contributed by atoms with E-state index in [-0.39, 0.29) is 18.9 Å². The van der Waals surface area contributed by atoms with Crippen LogP contribution in [-0.2, 0) is 9.53 Å². The molecule has 2 N–H and O–H groups in total. The average Bonchev–Trinajstić information content (AvgIpc) is 2.44. The van der Waals surface area contributed by atoms with Crippen LogP contribution in [0.4, 0.5) is 4.79 Å². The second-order valence-corrected chi connectivity index (χ2v) is 6.02. The minimum atomic E-state index is -0.963. The van der Waals surface area contributed by atoms with E-state index in [1.807, 2.05) is 13.8 Å². The number of alkyl halides is 1. The van der Waals surface area contributed by atoms with Crippen LogP contribution in [-0.4, -0.2) is 29.3 Å². The molecule has 0 heterocycles. The Hall–Kier alpha value is -1.46. The van der Waals surface area contributed by atoms with Crippen LogP contribution in [0.5, 0.6) is 0 Å². The highest BCUT2D eigenvalue weighted by Gasteiger charge is 2.20. The van der Waals surface area contributed by atoms with Gasteiger partial charge < -0.3 is 15.2 Å². The Labute approximate surface area is 139 Å². The van der Waals surface area contributed by atoms with Crippen molar-refractivity contribution in [2.24, 2.45) is 5.92 Å². The summed E-state index contributed by atoms with van der Waals surface area (Å²) in [5.74, 6) is -1.70. The first-order valence-electron chi connectivity index (χ1n) is 6.88. The highest BCUT2D eigenvalue weighted by atomic mass is 35.5. The molecular formula is C15H19Cl2NO4. The van der Waals surface area contributed by atoms with Gasteiger partial charge >= 0.3 is 12.1 Å². The van der Waals surface area contributed by atoms with Crippen LogP contribution in [0.2, 0.25) is 5.02 Å². The van der Waals surface area contributed by atoms with E-state index in [1.165, 1.54) is 0 Å². The molecule has 5 nitrogen and oxygen atoms in total. The molecule has 0 spiro atoms. The summed E-state index contributed by atoms with van der Waals surface area (Å²) < 4.78 is 4.93. The quantitative estimate of drug-likeness (QED) is 0.734. The van der Waals surface area contributed by atoms with Crippen molar-refractivity contribution in [3.8, 4) is 0 Å². The molecule has 1 amide bonds. The molecule has 1 rings (SSSR count). The van der Waals surface area contributed by atoms with Gasteiger partial charge in [-0.25, -0.2) is 4.79 Å². The molecular weight excluding hydrogens is 329 g/mol. The number of aliphatic carboxylic acids is 1. The van der Waals surface area contributed by atoms with Gasteiger partial charge in [0.1, 0.15) is 0 Å². The summed E-state index contributed by atoms with van der Waals surface area (Å²) in [5.41, 5.74) is -0.0870. The van der Waals surface area contributed by atoms with Crippen molar-refractivity contribution in [1.82, 2.24) is 5.32 Å². The fourth-order valence-electron chi connectivity index (χ4n) is 1.73. The number of ether oxygens (including phenoxy) is 1. The second kappa shape index (κ2) is 8.86. The second-order valence-electron chi connectivity index (χ2n) is 5.16. The zero-order valence-corrected chi connectivity index (χ0v) is 13.9. The molecule has 0 saturated carbocycles. The van der Waals surface area contributed by atoms with Crippen molar-refractivity contribution < 1.29 is 19.4 Å². The fourth-order valence-corrected chi connectivity index (χ4v) is 1.93. The molecule has 0 bridgehead atoms. The van der Waals surface area contributed by atoms with E-state index in [9.17, 15) is 14.7 Å². The van der Waals surface area contributed by atoms with Crippen LogP contribution >= 0.6 is 23.2 Å². The van der Waals surface area contributed by atoms with Gasteiger partial charge in [-0.3, -0.25) is 4.79 Å². The standard InChI is InChI=1S/C15H19Cl2NO4/c1-9(2)13(17)22-15(21)18-8-7-12(14(19)20)10-3-5-11(16)6-4-10/h3-6,9,12-13H,7-8H2,1-2H3,(H,18,21)(H,19,20). The van der Waals surface area contributed by atoms with Crippen molar-refractivity contribution >= 4 is 35.3 Å². The summed E-state index contributed by atoms with van der Waals surface area (Å²) in [6, 6.07) is 6.59. The van der Waals surface area contributed by atoms with Gasteiger partial charge in [-0.15, -0.1) is 0 Å². The molecule has 0 saturated heterocycles. The summed E-state index contributed by atoms with van der Waals surface area (Å²) in [7, 11) is 0. The molecule has 7 heteroatoms. The van der Waals surface area contributed by atoms with E-state index in [4.69, 9.17) is 27.9 Å². The van der Waals surface area contributed by atoms with Gasteiger partial charge in [-0.1, -0.05) is 49.2 Å². The van der Waals surface area contributed by atoms with Gasteiger partial charge in [0.15, 0.2) is 5.56 Å². The number of rotatable bonds is 7. The van der Waals surface area contributed by atoms with E-state index >= 15 is 0 Å². The van der Waals surface area contributed by atoms with Gasteiger partial charge in [0.05, 0.1) is 5.92 Å². The van der Waals surface area contributed by atoms with Crippen molar-refractivity contribution in [2.75, 3.05) is 6.54 Å². The monoisotopic (exact) mass is 347 g/mol. The van der Waals surface area contributed by atoms with Crippen LogP contribution in [0.25, 0.3) is 0 Å². The first kappa shape index (κ1) is 18.6. The summed E-state index contributed by atoms with van der Waals surface area (Å²) in [6.45, 7) is 3.82. The van der Waals surface area contributed by atoms with Crippen LogP contribution in [0.1, 0.15) is 31.7 Å². The van der Waals surface area contributed by atoms with Crippen molar-refractivity contribution in [3.05, 3.63) is 34.9 Å². The van der Waals surface area contributed by atoms with E-state index in [1.54, 1.807) is 24.3 Å². The normalized spacial score (nSPS) is 13.5. The average molecular weight is 348 g/mol. The van der Waals surface area contributed by atoms with Crippen LogP contribution in [0.15, 0.2) is 24.3 Å².